The summed E-state index contributed by atoms with van der Waals surface area (Å²) in [7, 11) is 0. The number of aromatic nitrogens is 2. The third-order valence-electron chi connectivity index (χ3n) is 2.75. The van der Waals surface area contributed by atoms with Gasteiger partial charge in [-0.1, -0.05) is 24.1 Å². The van der Waals surface area contributed by atoms with Gasteiger partial charge in [-0.3, -0.25) is 9.59 Å². The van der Waals surface area contributed by atoms with Crippen molar-refractivity contribution in [2.75, 3.05) is 13.1 Å². The van der Waals surface area contributed by atoms with E-state index in [0.717, 1.165) is 10.6 Å². The highest BCUT2D eigenvalue weighted by atomic mass is 16.4. The van der Waals surface area contributed by atoms with Crippen LogP contribution in [-0.2, 0) is 4.79 Å². The zero-order valence-corrected chi connectivity index (χ0v) is 11.1. The number of carboxylic acid groups (broad SMARTS) is 1. The molecule has 0 saturated heterocycles. The van der Waals surface area contributed by atoms with Crippen molar-refractivity contribution in [2.45, 2.75) is 0 Å². The number of hydrogen-bond donors (Lipinski definition) is 1. The van der Waals surface area contributed by atoms with Crippen LogP contribution < -0.4 is 0 Å². The zero-order valence-electron chi connectivity index (χ0n) is 11.1. The van der Waals surface area contributed by atoms with Crippen molar-refractivity contribution in [1.29, 1.82) is 0 Å². The molecule has 21 heavy (non-hydrogen) atoms. The molecule has 106 valence electrons. The van der Waals surface area contributed by atoms with Crippen LogP contribution in [0.15, 0.2) is 42.7 Å². The fourth-order valence-corrected chi connectivity index (χ4v) is 1.81. The highest BCUT2D eigenvalue weighted by Crippen LogP contribution is 2.09. The van der Waals surface area contributed by atoms with Crippen molar-refractivity contribution in [1.82, 2.24) is 14.7 Å². The van der Waals surface area contributed by atoms with E-state index >= 15 is 0 Å². The molecule has 0 bridgehead atoms. The van der Waals surface area contributed by atoms with Gasteiger partial charge in [-0.05, 0) is 12.1 Å². The smallest absolute Gasteiger partial charge is 0.323 e. The number of carbonyl (C=O) groups is 2. The number of amides is 1. The predicted molar refractivity (Wildman–Crippen MR) is 75.9 cm³/mol. The molecule has 0 unspecified atom stereocenters. The van der Waals surface area contributed by atoms with E-state index < -0.39 is 18.4 Å². The first-order chi connectivity index (χ1) is 10.1. The Morgan fingerprint density at radius 3 is 2.67 bits per heavy atom. The largest absolute Gasteiger partial charge is 0.480 e. The van der Waals surface area contributed by atoms with Crippen molar-refractivity contribution in [2.24, 2.45) is 0 Å². The molecule has 1 aromatic heterocycles. The molecule has 0 aliphatic heterocycles. The van der Waals surface area contributed by atoms with E-state index in [-0.39, 0.29) is 12.1 Å². The maximum absolute atomic E-state index is 12.2. The average Bonchev–Trinajstić information content (AvgIpc) is 2.96. The van der Waals surface area contributed by atoms with Gasteiger partial charge in [0.2, 0.25) is 0 Å². The Kier molecular flexibility index (Phi) is 4.36. The summed E-state index contributed by atoms with van der Waals surface area (Å²) >= 11 is 0. The number of para-hydroxylation sites is 1. The van der Waals surface area contributed by atoms with Crippen LogP contribution in [0.2, 0.25) is 0 Å². The molecule has 6 nitrogen and oxygen atoms in total. The van der Waals surface area contributed by atoms with Crippen molar-refractivity contribution in [3.63, 3.8) is 0 Å². The lowest BCUT2D eigenvalue weighted by atomic mass is 10.3. The number of rotatable bonds is 5. The molecule has 1 heterocycles. The number of nitrogens with zero attached hydrogens (tertiary/aromatic N) is 3. The summed E-state index contributed by atoms with van der Waals surface area (Å²) in [5.41, 5.74) is 1.09. The van der Waals surface area contributed by atoms with Gasteiger partial charge in [-0.25, -0.2) is 4.68 Å². The average molecular weight is 283 g/mol. The highest BCUT2D eigenvalue weighted by Gasteiger charge is 2.19. The Hall–Kier alpha value is -3.07. The van der Waals surface area contributed by atoms with E-state index in [1.807, 2.05) is 30.3 Å². The van der Waals surface area contributed by atoms with Crippen LogP contribution in [0.3, 0.4) is 0 Å². The van der Waals surface area contributed by atoms with Crippen LogP contribution in [0.25, 0.3) is 5.69 Å². The van der Waals surface area contributed by atoms with Crippen molar-refractivity contribution in [3.8, 4) is 18.0 Å². The number of hydrogen-bond acceptors (Lipinski definition) is 3. The predicted octanol–water partition coefficient (Wildman–Crippen LogP) is 1.03. The lowest BCUT2D eigenvalue weighted by Crippen LogP contribution is -2.35. The first-order valence-corrected chi connectivity index (χ1v) is 6.16. The van der Waals surface area contributed by atoms with Gasteiger partial charge < -0.3 is 10.0 Å². The van der Waals surface area contributed by atoms with Gasteiger partial charge in [0, 0.05) is 6.20 Å². The zero-order chi connectivity index (χ0) is 15.2. The second-order valence-electron chi connectivity index (χ2n) is 4.27. The Labute approximate surface area is 121 Å². The molecular weight excluding hydrogens is 270 g/mol. The van der Waals surface area contributed by atoms with Gasteiger partial charge in [0.25, 0.3) is 5.91 Å². The van der Waals surface area contributed by atoms with E-state index in [2.05, 4.69) is 11.0 Å². The third-order valence-corrected chi connectivity index (χ3v) is 2.75. The minimum atomic E-state index is -1.12. The second kappa shape index (κ2) is 6.39. The minimum absolute atomic E-state index is 0.0678. The Morgan fingerprint density at radius 2 is 2.05 bits per heavy atom. The lowest BCUT2D eigenvalue weighted by Gasteiger charge is -2.16. The fourth-order valence-electron chi connectivity index (χ4n) is 1.81. The monoisotopic (exact) mass is 283 g/mol. The van der Waals surface area contributed by atoms with Gasteiger partial charge >= 0.3 is 5.97 Å². The summed E-state index contributed by atoms with van der Waals surface area (Å²) in [5.74, 6) is 0.700. The van der Waals surface area contributed by atoms with Crippen LogP contribution in [-0.4, -0.2) is 44.8 Å². The van der Waals surface area contributed by atoms with Crippen LogP contribution >= 0.6 is 0 Å². The Morgan fingerprint density at radius 1 is 1.33 bits per heavy atom. The minimum Gasteiger partial charge on any atom is -0.480 e. The molecule has 0 saturated carbocycles. The number of carboxylic acids is 1. The molecule has 0 aliphatic carbocycles. The van der Waals surface area contributed by atoms with Gasteiger partial charge in [-0.2, -0.15) is 5.10 Å². The maximum Gasteiger partial charge on any atom is 0.323 e. The van der Waals surface area contributed by atoms with Crippen molar-refractivity contribution >= 4 is 11.9 Å². The van der Waals surface area contributed by atoms with E-state index in [1.165, 1.54) is 6.20 Å². The van der Waals surface area contributed by atoms with E-state index in [1.54, 1.807) is 10.9 Å². The Balaban J connectivity index is 2.22. The SMILES string of the molecule is C#CCN(CC(=O)O)C(=O)c1cnn(-c2ccccc2)c1. The number of benzene rings is 1. The number of aliphatic carboxylic acids is 1. The fraction of sp³-hybridized carbons (Fsp3) is 0.133. The molecule has 1 amide bonds. The molecule has 2 rings (SSSR count). The van der Waals surface area contributed by atoms with Crippen LogP contribution in [0.4, 0.5) is 0 Å². The summed E-state index contributed by atoms with van der Waals surface area (Å²) in [6.07, 6.45) is 8.09. The van der Waals surface area contributed by atoms with Crippen LogP contribution in [0.5, 0.6) is 0 Å². The maximum atomic E-state index is 12.2. The van der Waals surface area contributed by atoms with Gasteiger partial charge in [0.05, 0.1) is 24.0 Å². The van der Waals surface area contributed by atoms with Crippen LogP contribution in [0.1, 0.15) is 10.4 Å². The normalized spacial score (nSPS) is 9.86. The molecule has 6 heteroatoms. The molecule has 0 aliphatic rings. The number of terminal acetylenes is 1. The first kappa shape index (κ1) is 14.3. The molecule has 1 aromatic carbocycles. The molecule has 0 fully saturated rings. The molecular formula is C15H13N3O3. The second-order valence-corrected chi connectivity index (χ2v) is 4.27. The Bertz CT molecular complexity index is 686. The standard InChI is InChI=1S/C15H13N3O3/c1-2-8-17(11-14(19)20)15(21)12-9-16-18(10-12)13-6-4-3-5-7-13/h1,3-7,9-10H,8,11H2,(H,19,20). The summed E-state index contributed by atoms with van der Waals surface area (Å²) in [5, 5.41) is 12.9. The summed E-state index contributed by atoms with van der Waals surface area (Å²) in [4.78, 5) is 24.1. The molecule has 0 radical (unpaired) electrons. The molecule has 2 aromatic rings. The van der Waals surface area contributed by atoms with Crippen molar-refractivity contribution in [3.05, 3.63) is 48.3 Å². The molecule has 1 N–H and O–H groups in total. The van der Waals surface area contributed by atoms with Crippen LogP contribution in [0, 0.1) is 12.3 Å². The topological polar surface area (TPSA) is 75.4 Å². The number of carbonyl (C=O) groups excluding carboxylic acids is 1. The van der Waals surface area contributed by atoms with E-state index in [9.17, 15) is 9.59 Å². The highest BCUT2D eigenvalue weighted by molar-refractivity contribution is 5.95. The quantitative estimate of drug-likeness (QED) is 0.832. The van der Waals surface area contributed by atoms with Gasteiger partial charge in [-0.15, -0.1) is 6.42 Å². The lowest BCUT2D eigenvalue weighted by molar-refractivity contribution is -0.137. The summed E-state index contributed by atoms with van der Waals surface area (Å²) in [6.45, 7) is -0.513. The van der Waals surface area contributed by atoms with Gasteiger partial charge in [0.15, 0.2) is 0 Å². The summed E-state index contributed by atoms with van der Waals surface area (Å²) in [6, 6.07) is 9.27. The molecule has 0 atom stereocenters. The summed E-state index contributed by atoms with van der Waals surface area (Å²) < 4.78 is 1.54. The van der Waals surface area contributed by atoms with Gasteiger partial charge in [0.1, 0.15) is 6.54 Å². The van der Waals surface area contributed by atoms with E-state index in [0.29, 0.717) is 0 Å². The molecule has 0 spiro atoms. The van der Waals surface area contributed by atoms with Crippen molar-refractivity contribution < 1.29 is 14.7 Å². The first-order valence-electron chi connectivity index (χ1n) is 6.16. The third kappa shape index (κ3) is 3.48. The van der Waals surface area contributed by atoms with E-state index in [4.69, 9.17) is 11.5 Å².